The fraction of sp³-hybridized carbons (Fsp3) is 0.250. The van der Waals surface area contributed by atoms with Crippen molar-refractivity contribution in [2.24, 2.45) is 0 Å². The van der Waals surface area contributed by atoms with E-state index in [1.807, 2.05) is 21.6 Å². The molecule has 94 valence electrons. The van der Waals surface area contributed by atoms with E-state index in [-0.39, 0.29) is 0 Å². The molecule has 2 rings (SSSR count). The molecule has 0 atom stereocenters. The van der Waals surface area contributed by atoms with Gasteiger partial charge >= 0.3 is 0 Å². The Morgan fingerprint density at radius 2 is 1.22 bits per heavy atom. The van der Waals surface area contributed by atoms with E-state index in [2.05, 4.69) is 64.1 Å². The summed E-state index contributed by atoms with van der Waals surface area (Å²) in [5.74, 6) is 0. The Morgan fingerprint density at radius 1 is 0.611 bits per heavy atom. The van der Waals surface area contributed by atoms with Crippen LogP contribution < -0.4 is 0 Å². The first-order valence-electron chi connectivity index (χ1n) is 6.05. The predicted octanol–water partition coefficient (Wildman–Crippen LogP) is 5.72. The number of hydrogen-bond donors (Lipinski definition) is 0. The molecule has 0 saturated carbocycles. The smallest absolute Gasteiger partial charge is 0.0218 e. The summed E-state index contributed by atoms with van der Waals surface area (Å²) in [6.07, 6.45) is 0. The number of rotatable bonds is 3. The summed E-state index contributed by atoms with van der Waals surface area (Å²) in [6, 6.07) is 13.3. The van der Waals surface area contributed by atoms with E-state index in [9.17, 15) is 0 Å². The van der Waals surface area contributed by atoms with Crippen molar-refractivity contribution in [2.45, 2.75) is 37.5 Å². The second-order valence-corrected chi connectivity index (χ2v) is 6.92. The molecule has 0 nitrogen and oxygen atoms in total. The first-order valence-corrected chi connectivity index (χ1v) is 8.20. The lowest BCUT2D eigenvalue weighted by atomic mass is 10.2. The highest BCUT2D eigenvalue weighted by Gasteiger charge is 2.04. The highest BCUT2D eigenvalue weighted by Crippen LogP contribution is 2.40. The van der Waals surface area contributed by atoms with Crippen LogP contribution in [-0.2, 0) is 0 Å². The molecule has 0 aliphatic carbocycles. The Balaban J connectivity index is 2.13. The third kappa shape index (κ3) is 3.33. The molecule has 0 aliphatic rings. The number of benzene rings is 2. The van der Waals surface area contributed by atoms with Gasteiger partial charge in [-0.05, 0) is 56.5 Å². The zero-order chi connectivity index (χ0) is 13.1. The summed E-state index contributed by atoms with van der Waals surface area (Å²) in [7, 11) is 3.70. The van der Waals surface area contributed by atoms with Gasteiger partial charge in [0.05, 0.1) is 0 Å². The minimum absolute atomic E-state index is 1.32. The van der Waals surface area contributed by atoms with E-state index >= 15 is 0 Å². The van der Waals surface area contributed by atoms with Crippen molar-refractivity contribution < 1.29 is 0 Å². The molecular weight excluding hydrogens is 256 g/mol. The molecule has 0 fully saturated rings. The SMILES string of the molecule is Cc1ccc(SSc2cc(C)ccc2C)c(C)c1. The molecule has 2 heteroatoms. The Bertz CT molecular complexity index is 559. The van der Waals surface area contributed by atoms with Gasteiger partial charge < -0.3 is 0 Å². The van der Waals surface area contributed by atoms with Gasteiger partial charge in [-0.3, -0.25) is 0 Å². The van der Waals surface area contributed by atoms with Crippen LogP contribution in [0.1, 0.15) is 22.3 Å². The van der Waals surface area contributed by atoms with Gasteiger partial charge in [0.2, 0.25) is 0 Å². The molecule has 2 aromatic carbocycles. The highest BCUT2D eigenvalue weighted by molar-refractivity contribution is 8.76. The summed E-state index contributed by atoms with van der Waals surface area (Å²) in [5, 5.41) is 0. The first kappa shape index (κ1) is 13.6. The van der Waals surface area contributed by atoms with Crippen LogP contribution in [0, 0.1) is 27.7 Å². The van der Waals surface area contributed by atoms with E-state index in [1.54, 1.807) is 0 Å². The maximum atomic E-state index is 2.26. The Hall–Kier alpha value is -0.860. The molecule has 0 saturated heterocycles. The second kappa shape index (κ2) is 5.85. The Morgan fingerprint density at radius 3 is 1.94 bits per heavy atom. The maximum absolute atomic E-state index is 2.26. The van der Waals surface area contributed by atoms with Crippen LogP contribution in [0.25, 0.3) is 0 Å². The van der Waals surface area contributed by atoms with Gasteiger partial charge in [-0.2, -0.15) is 0 Å². The van der Waals surface area contributed by atoms with Gasteiger partial charge in [0.15, 0.2) is 0 Å². The fourth-order valence-electron chi connectivity index (χ4n) is 1.78. The number of aryl methyl sites for hydroxylation is 4. The summed E-state index contributed by atoms with van der Waals surface area (Å²) in [6.45, 7) is 8.63. The topological polar surface area (TPSA) is 0 Å². The quantitative estimate of drug-likeness (QED) is 0.656. The van der Waals surface area contributed by atoms with Crippen molar-refractivity contribution in [2.75, 3.05) is 0 Å². The van der Waals surface area contributed by atoms with Gasteiger partial charge in [0.25, 0.3) is 0 Å². The number of hydrogen-bond acceptors (Lipinski definition) is 2. The first-order chi connectivity index (χ1) is 8.56. The largest absolute Gasteiger partial charge is 0.0590 e. The van der Waals surface area contributed by atoms with Crippen LogP contribution in [0.2, 0.25) is 0 Å². The lowest BCUT2D eigenvalue weighted by molar-refractivity contribution is 1.26. The van der Waals surface area contributed by atoms with Gasteiger partial charge in [0.1, 0.15) is 0 Å². The van der Waals surface area contributed by atoms with E-state index in [1.165, 1.54) is 32.0 Å². The van der Waals surface area contributed by atoms with E-state index in [0.717, 1.165) is 0 Å². The molecule has 18 heavy (non-hydrogen) atoms. The monoisotopic (exact) mass is 274 g/mol. The lowest BCUT2D eigenvalue weighted by Crippen LogP contribution is -1.82. The summed E-state index contributed by atoms with van der Waals surface area (Å²) < 4.78 is 0. The molecule has 0 aromatic heterocycles. The van der Waals surface area contributed by atoms with Gasteiger partial charge in [-0.15, -0.1) is 0 Å². The Labute approximate surface area is 118 Å². The summed E-state index contributed by atoms with van der Waals surface area (Å²) in [5.41, 5.74) is 5.36. The molecule has 0 heterocycles. The van der Waals surface area contributed by atoms with Gasteiger partial charge in [-0.1, -0.05) is 51.4 Å². The zero-order valence-electron chi connectivity index (χ0n) is 11.3. The average Bonchev–Trinajstić information content (AvgIpc) is 2.32. The van der Waals surface area contributed by atoms with Crippen LogP contribution >= 0.6 is 21.6 Å². The normalized spacial score (nSPS) is 10.7. The molecule has 0 radical (unpaired) electrons. The molecule has 0 N–H and O–H groups in total. The molecule has 0 aliphatic heterocycles. The minimum atomic E-state index is 1.32. The van der Waals surface area contributed by atoms with Crippen molar-refractivity contribution in [1.29, 1.82) is 0 Å². The van der Waals surface area contributed by atoms with Crippen LogP contribution in [0.15, 0.2) is 46.2 Å². The predicted molar refractivity (Wildman–Crippen MR) is 83.5 cm³/mol. The van der Waals surface area contributed by atoms with Crippen molar-refractivity contribution in [3.8, 4) is 0 Å². The molecule has 0 spiro atoms. The highest BCUT2D eigenvalue weighted by atomic mass is 33.1. The maximum Gasteiger partial charge on any atom is 0.0218 e. The van der Waals surface area contributed by atoms with Crippen molar-refractivity contribution >= 4 is 21.6 Å². The standard InChI is InChI=1S/C16H18S2/c1-11-6-8-15(14(4)9-11)17-18-16-10-12(2)5-7-13(16)3/h5-10H,1-4H3. The molecule has 0 unspecified atom stereocenters. The summed E-state index contributed by atoms with van der Waals surface area (Å²) in [4.78, 5) is 2.71. The molecule has 0 bridgehead atoms. The van der Waals surface area contributed by atoms with Crippen molar-refractivity contribution in [1.82, 2.24) is 0 Å². The molecule has 0 amide bonds. The van der Waals surface area contributed by atoms with Crippen LogP contribution in [0.3, 0.4) is 0 Å². The third-order valence-corrected chi connectivity index (χ3v) is 5.56. The third-order valence-electron chi connectivity index (χ3n) is 2.90. The van der Waals surface area contributed by atoms with Gasteiger partial charge in [-0.25, -0.2) is 0 Å². The van der Waals surface area contributed by atoms with Crippen LogP contribution in [0.5, 0.6) is 0 Å². The minimum Gasteiger partial charge on any atom is -0.0590 e. The van der Waals surface area contributed by atoms with E-state index < -0.39 is 0 Å². The zero-order valence-corrected chi connectivity index (χ0v) is 12.9. The lowest BCUT2D eigenvalue weighted by Gasteiger charge is -2.08. The van der Waals surface area contributed by atoms with Crippen molar-refractivity contribution in [3.05, 3.63) is 58.7 Å². The molecule has 2 aromatic rings. The van der Waals surface area contributed by atoms with Gasteiger partial charge in [0, 0.05) is 9.79 Å². The van der Waals surface area contributed by atoms with E-state index in [0.29, 0.717) is 0 Å². The fourth-order valence-corrected chi connectivity index (χ4v) is 4.35. The second-order valence-electron chi connectivity index (χ2n) is 4.70. The average molecular weight is 274 g/mol. The van der Waals surface area contributed by atoms with E-state index in [4.69, 9.17) is 0 Å². The Kier molecular flexibility index (Phi) is 4.41. The molecular formula is C16H18S2. The van der Waals surface area contributed by atoms with Crippen molar-refractivity contribution in [3.63, 3.8) is 0 Å². The van der Waals surface area contributed by atoms with Crippen LogP contribution in [-0.4, -0.2) is 0 Å². The van der Waals surface area contributed by atoms with Crippen LogP contribution in [0.4, 0.5) is 0 Å². The summed E-state index contributed by atoms with van der Waals surface area (Å²) >= 11 is 0.